The molecule has 1 aliphatic carbocycles. The molecule has 90 valence electrons. The fourth-order valence-corrected chi connectivity index (χ4v) is 2.54. The molecule has 3 rings (SSSR count). The highest BCUT2D eigenvalue weighted by atomic mass is 16.5. The Morgan fingerprint density at radius 3 is 2.88 bits per heavy atom. The van der Waals surface area contributed by atoms with Crippen molar-refractivity contribution in [3.63, 3.8) is 0 Å². The van der Waals surface area contributed by atoms with Crippen LogP contribution >= 0.6 is 0 Å². The summed E-state index contributed by atoms with van der Waals surface area (Å²) >= 11 is 0. The normalized spacial score (nSPS) is 17.5. The number of rotatable bonds is 2. The second-order valence-corrected chi connectivity index (χ2v) is 4.67. The Balaban J connectivity index is 1.95. The van der Waals surface area contributed by atoms with Gasteiger partial charge in [-0.3, -0.25) is 0 Å². The Hall–Kier alpha value is -1.58. The molecule has 0 radical (unpaired) electrons. The third-order valence-corrected chi connectivity index (χ3v) is 3.53. The Bertz CT molecular complexity index is 514. The SMILES string of the molecule is COc1ccn2nc(C3CCCCC3)nc2c1. The highest BCUT2D eigenvalue weighted by molar-refractivity contribution is 5.43. The van der Waals surface area contributed by atoms with E-state index < -0.39 is 0 Å². The van der Waals surface area contributed by atoms with Crippen LogP contribution in [0.2, 0.25) is 0 Å². The standard InChI is InChI=1S/C13H17N3O/c1-17-11-7-8-16-12(9-11)14-13(15-16)10-5-3-2-4-6-10/h7-10H,2-6H2,1H3. The largest absolute Gasteiger partial charge is 0.497 e. The number of nitrogens with zero attached hydrogens (tertiary/aromatic N) is 3. The van der Waals surface area contributed by atoms with Crippen molar-refractivity contribution < 1.29 is 4.74 Å². The molecule has 2 aromatic heterocycles. The molecule has 0 saturated heterocycles. The summed E-state index contributed by atoms with van der Waals surface area (Å²) < 4.78 is 7.04. The fourth-order valence-electron chi connectivity index (χ4n) is 2.54. The van der Waals surface area contributed by atoms with Crippen molar-refractivity contribution in [2.24, 2.45) is 0 Å². The highest BCUT2D eigenvalue weighted by Crippen LogP contribution is 2.31. The van der Waals surface area contributed by atoms with Gasteiger partial charge in [0.05, 0.1) is 7.11 Å². The van der Waals surface area contributed by atoms with Gasteiger partial charge < -0.3 is 4.74 Å². The minimum absolute atomic E-state index is 0.551. The average molecular weight is 231 g/mol. The zero-order valence-electron chi connectivity index (χ0n) is 10.1. The molecule has 0 spiro atoms. The molecule has 2 aromatic rings. The summed E-state index contributed by atoms with van der Waals surface area (Å²) in [7, 11) is 1.67. The van der Waals surface area contributed by atoms with Gasteiger partial charge in [0.2, 0.25) is 0 Å². The molecule has 0 amide bonds. The van der Waals surface area contributed by atoms with Crippen LogP contribution in [0.25, 0.3) is 5.65 Å². The Labute approximate surface area is 101 Å². The number of hydrogen-bond acceptors (Lipinski definition) is 3. The Morgan fingerprint density at radius 1 is 1.29 bits per heavy atom. The van der Waals surface area contributed by atoms with Gasteiger partial charge in [-0.2, -0.15) is 5.10 Å². The highest BCUT2D eigenvalue weighted by Gasteiger charge is 2.19. The predicted molar refractivity (Wildman–Crippen MR) is 65.4 cm³/mol. The zero-order chi connectivity index (χ0) is 11.7. The summed E-state index contributed by atoms with van der Waals surface area (Å²) in [4.78, 5) is 4.62. The van der Waals surface area contributed by atoms with Crippen molar-refractivity contribution in [1.82, 2.24) is 14.6 Å². The lowest BCUT2D eigenvalue weighted by atomic mass is 9.89. The van der Waals surface area contributed by atoms with Gasteiger partial charge in [0, 0.05) is 18.2 Å². The summed E-state index contributed by atoms with van der Waals surface area (Å²) in [6.07, 6.45) is 8.35. The Kier molecular flexibility index (Phi) is 2.71. The number of methoxy groups -OCH3 is 1. The van der Waals surface area contributed by atoms with E-state index in [0.717, 1.165) is 17.2 Å². The summed E-state index contributed by atoms with van der Waals surface area (Å²) in [5, 5.41) is 4.56. The van der Waals surface area contributed by atoms with Crippen LogP contribution in [0.5, 0.6) is 5.75 Å². The van der Waals surface area contributed by atoms with Crippen molar-refractivity contribution in [2.75, 3.05) is 7.11 Å². The minimum Gasteiger partial charge on any atom is -0.497 e. The van der Waals surface area contributed by atoms with E-state index in [-0.39, 0.29) is 0 Å². The van der Waals surface area contributed by atoms with Gasteiger partial charge in [0.25, 0.3) is 0 Å². The molecule has 0 N–H and O–H groups in total. The maximum absolute atomic E-state index is 5.20. The predicted octanol–water partition coefficient (Wildman–Crippen LogP) is 2.79. The fraction of sp³-hybridized carbons (Fsp3) is 0.538. The third-order valence-electron chi connectivity index (χ3n) is 3.53. The summed E-state index contributed by atoms with van der Waals surface area (Å²) in [5.74, 6) is 2.38. The lowest BCUT2D eigenvalue weighted by molar-refractivity contribution is 0.414. The van der Waals surface area contributed by atoms with Crippen LogP contribution in [0.1, 0.15) is 43.8 Å². The Morgan fingerprint density at radius 2 is 2.12 bits per heavy atom. The first-order valence-electron chi connectivity index (χ1n) is 6.27. The first kappa shape index (κ1) is 10.6. The zero-order valence-corrected chi connectivity index (χ0v) is 10.1. The molecule has 1 fully saturated rings. The molecule has 0 bridgehead atoms. The molecule has 0 aromatic carbocycles. The smallest absolute Gasteiger partial charge is 0.159 e. The van der Waals surface area contributed by atoms with Crippen LogP contribution < -0.4 is 4.74 Å². The van der Waals surface area contributed by atoms with Crippen LogP contribution in [-0.4, -0.2) is 21.7 Å². The van der Waals surface area contributed by atoms with Crippen molar-refractivity contribution in [3.05, 3.63) is 24.2 Å². The third kappa shape index (κ3) is 1.99. The molecule has 0 aliphatic heterocycles. The molecule has 0 unspecified atom stereocenters. The quantitative estimate of drug-likeness (QED) is 0.797. The summed E-state index contributed by atoms with van der Waals surface area (Å²) in [6, 6.07) is 3.84. The maximum Gasteiger partial charge on any atom is 0.159 e. The van der Waals surface area contributed by atoms with Crippen LogP contribution in [0, 0.1) is 0 Å². The maximum atomic E-state index is 5.20. The topological polar surface area (TPSA) is 39.4 Å². The molecule has 0 atom stereocenters. The number of fused-ring (bicyclic) bond motifs is 1. The molecule has 2 heterocycles. The summed E-state index contributed by atoms with van der Waals surface area (Å²) in [6.45, 7) is 0. The van der Waals surface area contributed by atoms with Gasteiger partial charge in [-0.05, 0) is 18.9 Å². The van der Waals surface area contributed by atoms with E-state index in [2.05, 4.69) is 10.1 Å². The second-order valence-electron chi connectivity index (χ2n) is 4.67. The lowest BCUT2D eigenvalue weighted by Gasteiger charge is -2.17. The molecular formula is C13H17N3O. The van der Waals surface area contributed by atoms with Crippen LogP contribution in [0.15, 0.2) is 18.3 Å². The first-order chi connectivity index (χ1) is 8.36. The minimum atomic E-state index is 0.551. The molecule has 17 heavy (non-hydrogen) atoms. The van der Waals surface area contributed by atoms with Gasteiger partial charge in [-0.25, -0.2) is 9.50 Å². The first-order valence-corrected chi connectivity index (χ1v) is 6.27. The number of pyridine rings is 1. The van der Waals surface area contributed by atoms with Crippen LogP contribution in [0.3, 0.4) is 0 Å². The number of ether oxygens (including phenoxy) is 1. The molecule has 1 aliphatic rings. The van der Waals surface area contributed by atoms with Gasteiger partial charge in [0.1, 0.15) is 5.75 Å². The monoisotopic (exact) mass is 231 g/mol. The van der Waals surface area contributed by atoms with Crippen molar-refractivity contribution >= 4 is 5.65 Å². The molecular weight excluding hydrogens is 214 g/mol. The van der Waals surface area contributed by atoms with Crippen LogP contribution in [0.4, 0.5) is 0 Å². The molecule has 4 heteroatoms. The lowest BCUT2D eigenvalue weighted by Crippen LogP contribution is -2.06. The van der Waals surface area contributed by atoms with Crippen molar-refractivity contribution in [1.29, 1.82) is 0 Å². The van der Waals surface area contributed by atoms with Crippen molar-refractivity contribution in [3.8, 4) is 5.75 Å². The van der Waals surface area contributed by atoms with E-state index in [1.165, 1.54) is 32.1 Å². The summed E-state index contributed by atoms with van der Waals surface area (Å²) in [5.41, 5.74) is 0.880. The van der Waals surface area contributed by atoms with E-state index >= 15 is 0 Å². The van der Waals surface area contributed by atoms with E-state index in [9.17, 15) is 0 Å². The van der Waals surface area contributed by atoms with Gasteiger partial charge in [-0.1, -0.05) is 19.3 Å². The second kappa shape index (κ2) is 4.35. The number of aromatic nitrogens is 3. The average Bonchev–Trinajstić information content (AvgIpc) is 2.82. The van der Waals surface area contributed by atoms with E-state index in [0.29, 0.717) is 5.92 Å². The van der Waals surface area contributed by atoms with Gasteiger partial charge >= 0.3 is 0 Å². The van der Waals surface area contributed by atoms with E-state index in [1.54, 1.807) is 7.11 Å². The number of hydrogen-bond donors (Lipinski definition) is 0. The van der Waals surface area contributed by atoms with Crippen molar-refractivity contribution in [2.45, 2.75) is 38.0 Å². The molecule has 1 saturated carbocycles. The van der Waals surface area contributed by atoms with Gasteiger partial charge in [-0.15, -0.1) is 0 Å². The van der Waals surface area contributed by atoms with Crippen LogP contribution in [-0.2, 0) is 0 Å². The van der Waals surface area contributed by atoms with Gasteiger partial charge in [0.15, 0.2) is 11.5 Å². The molecule has 4 nitrogen and oxygen atoms in total. The van der Waals surface area contributed by atoms with E-state index in [1.807, 2.05) is 22.8 Å². The van der Waals surface area contributed by atoms with E-state index in [4.69, 9.17) is 4.74 Å².